The molecule has 24 heavy (non-hydrogen) atoms. The number of rotatable bonds is 4. The molecule has 1 saturated heterocycles. The van der Waals surface area contributed by atoms with E-state index in [4.69, 9.17) is 9.84 Å². The molecule has 0 spiro atoms. The van der Waals surface area contributed by atoms with Crippen LogP contribution in [0.3, 0.4) is 0 Å². The summed E-state index contributed by atoms with van der Waals surface area (Å²) in [6.07, 6.45) is 10.2. The lowest BCUT2D eigenvalue weighted by atomic mass is 9.99. The van der Waals surface area contributed by atoms with Crippen molar-refractivity contribution in [1.82, 2.24) is 19.7 Å². The fourth-order valence-electron chi connectivity index (χ4n) is 3.62. The predicted octanol–water partition coefficient (Wildman–Crippen LogP) is 2.81. The Hall–Kier alpha value is -1.98. The zero-order valence-electron chi connectivity index (χ0n) is 13.9. The lowest BCUT2D eigenvalue weighted by molar-refractivity contribution is -0.0268. The van der Waals surface area contributed by atoms with Crippen molar-refractivity contribution < 1.29 is 4.74 Å². The van der Waals surface area contributed by atoms with Gasteiger partial charge in [-0.05, 0) is 24.8 Å². The van der Waals surface area contributed by atoms with Crippen molar-refractivity contribution in [3.8, 4) is 0 Å². The summed E-state index contributed by atoms with van der Waals surface area (Å²) in [5.74, 6) is 0.879. The number of hydrogen-bond acceptors (Lipinski definition) is 4. The molecule has 0 bridgehead atoms. The maximum absolute atomic E-state index is 5.73. The molecule has 126 valence electrons. The first-order valence-corrected chi connectivity index (χ1v) is 8.83. The molecule has 1 aromatic carbocycles. The quantitative estimate of drug-likeness (QED) is 0.811. The third kappa shape index (κ3) is 3.42. The van der Waals surface area contributed by atoms with Gasteiger partial charge in [0.2, 0.25) is 0 Å². The first kappa shape index (κ1) is 15.5. The number of nitrogens with zero attached hydrogens (tertiary/aromatic N) is 4. The van der Waals surface area contributed by atoms with Gasteiger partial charge < -0.3 is 4.74 Å². The van der Waals surface area contributed by atoms with E-state index < -0.39 is 0 Å². The van der Waals surface area contributed by atoms with Gasteiger partial charge in [-0.2, -0.15) is 5.10 Å². The van der Waals surface area contributed by atoms with Gasteiger partial charge in [0.25, 0.3) is 0 Å². The van der Waals surface area contributed by atoms with E-state index in [0.717, 1.165) is 25.5 Å². The van der Waals surface area contributed by atoms with Crippen molar-refractivity contribution in [1.29, 1.82) is 0 Å². The molecule has 1 aromatic heterocycles. The standard InChI is InChI=1S/C19H24N4O/c1-3-7-16(8-4-1)13-22-15-20-19(21-22)18-14-24-12-11-23(18)17-9-5-2-6-10-17/h1,3-5,7-9,15,17-18H,2,6,10-14H2. The SMILES string of the molecule is C1=CC(N2CCOCC2c2ncn(Cc3ccccc3)n2)CCC1. The van der Waals surface area contributed by atoms with E-state index in [2.05, 4.69) is 46.3 Å². The molecule has 1 aliphatic carbocycles. The smallest absolute Gasteiger partial charge is 0.170 e. The van der Waals surface area contributed by atoms with Crippen LogP contribution in [0.25, 0.3) is 0 Å². The minimum Gasteiger partial charge on any atom is -0.378 e. The van der Waals surface area contributed by atoms with E-state index in [0.29, 0.717) is 12.6 Å². The summed E-state index contributed by atoms with van der Waals surface area (Å²) in [5.41, 5.74) is 1.24. The van der Waals surface area contributed by atoms with Crippen LogP contribution in [0, 0.1) is 0 Å². The van der Waals surface area contributed by atoms with Crippen LogP contribution in [-0.2, 0) is 11.3 Å². The topological polar surface area (TPSA) is 43.2 Å². The van der Waals surface area contributed by atoms with Crippen LogP contribution in [0.4, 0.5) is 0 Å². The second-order valence-corrected chi connectivity index (χ2v) is 6.54. The Morgan fingerprint density at radius 3 is 2.96 bits per heavy atom. The van der Waals surface area contributed by atoms with Crippen molar-refractivity contribution in [2.45, 2.75) is 37.9 Å². The zero-order chi connectivity index (χ0) is 16.2. The van der Waals surface area contributed by atoms with Crippen LogP contribution in [0.2, 0.25) is 0 Å². The normalized spacial score (nSPS) is 25.0. The molecule has 2 atom stereocenters. The van der Waals surface area contributed by atoms with Gasteiger partial charge >= 0.3 is 0 Å². The van der Waals surface area contributed by atoms with Gasteiger partial charge in [0, 0.05) is 12.6 Å². The van der Waals surface area contributed by atoms with Crippen molar-refractivity contribution >= 4 is 0 Å². The van der Waals surface area contributed by atoms with Crippen LogP contribution in [0.15, 0.2) is 48.8 Å². The summed E-state index contributed by atoms with van der Waals surface area (Å²) in [4.78, 5) is 7.10. The van der Waals surface area contributed by atoms with Gasteiger partial charge in [-0.25, -0.2) is 9.67 Å². The highest BCUT2D eigenvalue weighted by molar-refractivity contribution is 5.14. The van der Waals surface area contributed by atoms with E-state index in [1.165, 1.54) is 24.8 Å². The third-order valence-corrected chi connectivity index (χ3v) is 4.86. The van der Waals surface area contributed by atoms with Gasteiger partial charge in [0.05, 0.1) is 25.8 Å². The molecule has 2 heterocycles. The molecule has 0 N–H and O–H groups in total. The molecule has 0 radical (unpaired) electrons. The lowest BCUT2D eigenvalue weighted by Crippen LogP contribution is -2.46. The van der Waals surface area contributed by atoms with Crippen LogP contribution in [0.5, 0.6) is 0 Å². The average molecular weight is 324 g/mol. The Bertz CT molecular complexity index is 682. The van der Waals surface area contributed by atoms with Crippen molar-refractivity contribution in [3.05, 3.63) is 60.2 Å². The van der Waals surface area contributed by atoms with Gasteiger partial charge in [-0.3, -0.25) is 4.90 Å². The molecule has 0 saturated carbocycles. The van der Waals surface area contributed by atoms with E-state index in [-0.39, 0.29) is 6.04 Å². The summed E-state index contributed by atoms with van der Waals surface area (Å²) >= 11 is 0. The van der Waals surface area contributed by atoms with Gasteiger partial charge in [0.1, 0.15) is 6.33 Å². The fourth-order valence-corrected chi connectivity index (χ4v) is 3.62. The average Bonchev–Trinajstić information content (AvgIpc) is 3.12. The summed E-state index contributed by atoms with van der Waals surface area (Å²) in [6, 6.07) is 11.0. The third-order valence-electron chi connectivity index (χ3n) is 4.86. The Morgan fingerprint density at radius 1 is 1.21 bits per heavy atom. The van der Waals surface area contributed by atoms with E-state index in [1.807, 2.05) is 17.1 Å². The Morgan fingerprint density at radius 2 is 2.12 bits per heavy atom. The van der Waals surface area contributed by atoms with Crippen LogP contribution in [-0.4, -0.2) is 45.5 Å². The lowest BCUT2D eigenvalue weighted by Gasteiger charge is -2.39. The second-order valence-electron chi connectivity index (χ2n) is 6.54. The number of benzene rings is 1. The van der Waals surface area contributed by atoms with Crippen molar-refractivity contribution in [2.24, 2.45) is 0 Å². The molecule has 2 aromatic rings. The molecule has 5 heteroatoms. The largest absolute Gasteiger partial charge is 0.378 e. The van der Waals surface area contributed by atoms with Gasteiger partial charge in [0.15, 0.2) is 5.82 Å². The minimum atomic E-state index is 0.156. The number of aromatic nitrogens is 3. The van der Waals surface area contributed by atoms with Gasteiger partial charge in [-0.1, -0.05) is 42.5 Å². The molecule has 5 nitrogen and oxygen atoms in total. The number of hydrogen-bond donors (Lipinski definition) is 0. The van der Waals surface area contributed by atoms with E-state index in [1.54, 1.807) is 0 Å². The van der Waals surface area contributed by atoms with Crippen molar-refractivity contribution in [2.75, 3.05) is 19.8 Å². The minimum absolute atomic E-state index is 0.156. The fraction of sp³-hybridized carbons (Fsp3) is 0.474. The Labute approximate surface area is 143 Å². The second kappa shape index (κ2) is 7.28. The monoisotopic (exact) mass is 324 g/mol. The highest BCUT2D eigenvalue weighted by atomic mass is 16.5. The first-order valence-electron chi connectivity index (χ1n) is 8.83. The Kier molecular flexibility index (Phi) is 4.71. The molecular formula is C19H24N4O. The number of ether oxygens (including phenoxy) is 1. The van der Waals surface area contributed by atoms with Crippen LogP contribution in [0.1, 0.15) is 36.7 Å². The molecule has 4 rings (SSSR count). The summed E-state index contributed by atoms with van der Waals surface area (Å²) in [7, 11) is 0. The first-order chi connectivity index (χ1) is 11.9. The molecule has 0 amide bonds. The van der Waals surface area contributed by atoms with E-state index in [9.17, 15) is 0 Å². The van der Waals surface area contributed by atoms with Crippen LogP contribution < -0.4 is 0 Å². The molecule has 1 fully saturated rings. The highest BCUT2D eigenvalue weighted by Gasteiger charge is 2.32. The summed E-state index contributed by atoms with van der Waals surface area (Å²) in [5, 5.41) is 4.73. The maximum Gasteiger partial charge on any atom is 0.170 e. The molecule has 2 aliphatic rings. The highest BCUT2D eigenvalue weighted by Crippen LogP contribution is 2.28. The van der Waals surface area contributed by atoms with Crippen molar-refractivity contribution in [3.63, 3.8) is 0 Å². The summed E-state index contributed by atoms with van der Waals surface area (Å²) < 4.78 is 7.65. The number of morpholine rings is 1. The zero-order valence-corrected chi connectivity index (χ0v) is 13.9. The van der Waals surface area contributed by atoms with Crippen LogP contribution >= 0.6 is 0 Å². The van der Waals surface area contributed by atoms with Gasteiger partial charge in [-0.15, -0.1) is 0 Å². The molecule has 2 unspecified atom stereocenters. The molecular weight excluding hydrogens is 300 g/mol. The Balaban J connectivity index is 1.51. The number of allylic oxidation sites excluding steroid dienone is 1. The maximum atomic E-state index is 5.73. The predicted molar refractivity (Wildman–Crippen MR) is 92.6 cm³/mol. The summed E-state index contributed by atoms with van der Waals surface area (Å²) in [6.45, 7) is 3.18. The molecule has 1 aliphatic heterocycles. The van der Waals surface area contributed by atoms with E-state index >= 15 is 0 Å².